The number of hydrogen-bond acceptors (Lipinski definition) is 1. The first kappa shape index (κ1) is 15.3. The average molecular weight is 324 g/mol. The molecule has 0 aliphatic carbocycles. The van der Waals surface area contributed by atoms with Crippen LogP contribution in [-0.2, 0) is 0 Å². The number of nitrogens with zero attached hydrogens (tertiary/aromatic N) is 1. The van der Waals surface area contributed by atoms with Gasteiger partial charge in [-0.1, -0.05) is 66.2 Å². The average Bonchev–Trinajstić information content (AvgIpc) is 3.07. The molecule has 2 nitrogen and oxygen atoms in total. The molecule has 0 unspecified atom stereocenters. The Labute approximate surface area is 148 Å². The van der Waals surface area contributed by atoms with Crippen LogP contribution in [0.2, 0.25) is 0 Å². The molecule has 4 rings (SSSR count). The molecule has 0 fully saturated rings. The van der Waals surface area contributed by atoms with Crippen molar-refractivity contribution in [2.45, 2.75) is 6.92 Å². The molecule has 0 radical (unpaired) electrons. The lowest BCUT2D eigenvalue weighted by Crippen LogP contribution is -1.98. The van der Waals surface area contributed by atoms with Crippen LogP contribution in [0.4, 0.5) is 11.4 Å². The zero-order valence-electron chi connectivity index (χ0n) is 14.2. The van der Waals surface area contributed by atoms with Gasteiger partial charge in [0.25, 0.3) is 0 Å². The molecule has 4 aromatic rings. The molecule has 3 aromatic carbocycles. The summed E-state index contributed by atoms with van der Waals surface area (Å²) >= 11 is 0. The molecule has 0 aliphatic rings. The first-order valence-electron chi connectivity index (χ1n) is 8.47. The van der Waals surface area contributed by atoms with Gasteiger partial charge < -0.3 is 9.88 Å². The smallest absolute Gasteiger partial charge is 0.0765 e. The van der Waals surface area contributed by atoms with Gasteiger partial charge in [0.1, 0.15) is 0 Å². The third-order valence-corrected chi connectivity index (χ3v) is 4.30. The maximum atomic E-state index is 3.55. The highest BCUT2D eigenvalue weighted by Gasteiger charge is 2.13. The van der Waals surface area contributed by atoms with Gasteiger partial charge in [-0.25, -0.2) is 0 Å². The van der Waals surface area contributed by atoms with Gasteiger partial charge in [-0.2, -0.15) is 0 Å². The van der Waals surface area contributed by atoms with Gasteiger partial charge in [-0.15, -0.1) is 0 Å². The highest BCUT2D eigenvalue weighted by molar-refractivity contribution is 5.80. The summed E-state index contributed by atoms with van der Waals surface area (Å²) in [7, 11) is 0. The predicted octanol–water partition coefficient (Wildman–Crippen LogP) is 6.20. The van der Waals surface area contributed by atoms with E-state index in [-0.39, 0.29) is 0 Å². The third kappa shape index (κ3) is 3.20. The summed E-state index contributed by atoms with van der Waals surface area (Å²) in [6, 6.07) is 31.5. The zero-order chi connectivity index (χ0) is 17.1. The van der Waals surface area contributed by atoms with Gasteiger partial charge in [-0.05, 0) is 37.3 Å². The van der Waals surface area contributed by atoms with E-state index in [1.54, 1.807) is 0 Å². The molecule has 1 aromatic heterocycles. The van der Waals surface area contributed by atoms with Crippen molar-refractivity contribution < 1.29 is 0 Å². The molecule has 0 atom stereocenters. The maximum Gasteiger partial charge on any atom is 0.0765 e. The predicted molar refractivity (Wildman–Crippen MR) is 106 cm³/mol. The van der Waals surface area contributed by atoms with Crippen LogP contribution in [0.3, 0.4) is 0 Å². The van der Waals surface area contributed by atoms with Crippen LogP contribution in [0.15, 0.2) is 97.2 Å². The Hall–Kier alpha value is -3.26. The number of nitrogens with one attached hydrogen (secondary N) is 1. The van der Waals surface area contributed by atoms with E-state index in [9.17, 15) is 0 Å². The van der Waals surface area contributed by atoms with Crippen molar-refractivity contribution in [2.24, 2.45) is 0 Å². The Morgan fingerprint density at radius 2 is 1.32 bits per heavy atom. The van der Waals surface area contributed by atoms with E-state index in [1.165, 1.54) is 11.1 Å². The number of benzene rings is 3. The van der Waals surface area contributed by atoms with Gasteiger partial charge in [-0.3, -0.25) is 0 Å². The summed E-state index contributed by atoms with van der Waals surface area (Å²) in [5.41, 5.74) is 6.95. The molecule has 0 bridgehead atoms. The van der Waals surface area contributed by atoms with Crippen molar-refractivity contribution in [1.82, 2.24) is 4.57 Å². The molecule has 0 saturated heterocycles. The molecule has 25 heavy (non-hydrogen) atoms. The molecule has 0 aliphatic heterocycles. The summed E-state index contributed by atoms with van der Waals surface area (Å²) in [6.45, 7) is 2.11. The van der Waals surface area contributed by atoms with E-state index in [4.69, 9.17) is 0 Å². The first-order valence-corrected chi connectivity index (χ1v) is 8.47. The van der Waals surface area contributed by atoms with Crippen molar-refractivity contribution in [3.8, 4) is 16.9 Å². The monoisotopic (exact) mass is 324 g/mol. The van der Waals surface area contributed by atoms with Crippen LogP contribution in [0.1, 0.15) is 5.56 Å². The summed E-state index contributed by atoms with van der Waals surface area (Å²) in [5, 5.41) is 3.55. The molecule has 1 heterocycles. The van der Waals surface area contributed by atoms with Crippen molar-refractivity contribution in [3.63, 3.8) is 0 Å². The minimum absolute atomic E-state index is 1.08. The van der Waals surface area contributed by atoms with Crippen LogP contribution < -0.4 is 5.32 Å². The van der Waals surface area contributed by atoms with Crippen molar-refractivity contribution in [2.75, 3.05) is 5.32 Å². The van der Waals surface area contributed by atoms with E-state index in [1.807, 2.05) is 24.3 Å². The Kier molecular flexibility index (Phi) is 4.09. The summed E-state index contributed by atoms with van der Waals surface area (Å²) < 4.78 is 2.23. The fraction of sp³-hybridized carbons (Fsp3) is 0.0435. The second-order valence-electron chi connectivity index (χ2n) is 6.14. The Morgan fingerprint density at radius 1 is 0.680 bits per heavy atom. The van der Waals surface area contributed by atoms with Crippen LogP contribution in [0, 0.1) is 6.92 Å². The van der Waals surface area contributed by atoms with Gasteiger partial charge >= 0.3 is 0 Å². The van der Waals surface area contributed by atoms with Gasteiger partial charge in [0.2, 0.25) is 0 Å². The lowest BCUT2D eigenvalue weighted by Gasteiger charge is -2.13. The van der Waals surface area contributed by atoms with Crippen LogP contribution >= 0.6 is 0 Å². The third-order valence-electron chi connectivity index (χ3n) is 4.30. The highest BCUT2D eigenvalue weighted by Crippen LogP contribution is 2.34. The molecule has 0 saturated carbocycles. The minimum Gasteiger partial charge on any atom is -0.354 e. The number of aryl methyl sites for hydroxylation is 1. The SMILES string of the molecule is Cc1ccc(-c2c(Nc3ccccc3)ccn2-c2ccccc2)cc1. The van der Waals surface area contributed by atoms with Crippen molar-refractivity contribution in [1.29, 1.82) is 0 Å². The van der Waals surface area contributed by atoms with Gasteiger partial charge in [0, 0.05) is 23.1 Å². The van der Waals surface area contributed by atoms with E-state index >= 15 is 0 Å². The van der Waals surface area contributed by atoms with Crippen LogP contribution in [0.5, 0.6) is 0 Å². The Morgan fingerprint density at radius 3 is 2.00 bits per heavy atom. The van der Waals surface area contributed by atoms with Crippen molar-refractivity contribution >= 4 is 11.4 Å². The summed E-state index contributed by atoms with van der Waals surface area (Å²) in [4.78, 5) is 0. The van der Waals surface area contributed by atoms with E-state index in [2.05, 4.69) is 89.7 Å². The van der Waals surface area contributed by atoms with Gasteiger partial charge in [0.05, 0.1) is 11.4 Å². The molecule has 0 amide bonds. The van der Waals surface area contributed by atoms with Crippen LogP contribution in [-0.4, -0.2) is 4.57 Å². The maximum absolute atomic E-state index is 3.55. The number of anilines is 2. The van der Waals surface area contributed by atoms with E-state index < -0.39 is 0 Å². The van der Waals surface area contributed by atoms with Gasteiger partial charge in [0.15, 0.2) is 0 Å². The Balaban J connectivity index is 1.84. The molecule has 1 N–H and O–H groups in total. The second kappa shape index (κ2) is 6.70. The minimum atomic E-state index is 1.08. The van der Waals surface area contributed by atoms with Crippen molar-refractivity contribution in [3.05, 3.63) is 103 Å². The number of para-hydroxylation sites is 2. The standard InChI is InChI=1S/C23H20N2/c1-18-12-14-19(15-13-18)23-22(24-20-8-4-2-5-9-20)16-17-25(23)21-10-6-3-7-11-21/h2-17,24H,1H3. The lowest BCUT2D eigenvalue weighted by molar-refractivity contribution is 1.09. The lowest BCUT2D eigenvalue weighted by atomic mass is 10.1. The summed E-state index contributed by atoms with van der Waals surface area (Å²) in [5.74, 6) is 0. The Bertz CT molecular complexity index is 952. The fourth-order valence-electron chi connectivity index (χ4n) is 3.02. The number of rotatable bonds is 4. The topological polar surface area (TPSA) is 17.0 Å². The zero-order valence-corrected chi connectivity index (χ0v) is 14.2. The van der Waals surface area contributed by atoms with Crippen LogP contribution in [0.25, 0.3) is 16.9 Å². The first-order chi connectivity index (χ1) is 12.3. The molecule has 2 heteroatoms. The molecular weight excluding hydrogens is 304 g/mol. The number of aromatic nitrogens is 1. The molecule has 122 valence electrons. The summed E-state index contributed by atoms with van der Waals surface area (Å²) in [6.07, 6.45) is 2.12. The van der Waals surface area contributed by atoms with E-state index in [0.717, 1.165) is 22.8 Å². The highest BCUT2D eigenvalue weighted by atomic mass is 15.0. The molecule has 0 spiro atoms. The second-order valence-corrected chi connectivity index (χ2v) is 6.14. The fourth-order valence-corrected chi connectivity index (χ4v) is 3.02. The largest absolute Gasteiger partial charge is 0.354 e. The quantitative estimate of drug-likeness (QED) is 0.473. The number of hydrogen-bond donors (Lipinski definition) is 1. The van der Waals surface area contributed by atoms with E-state index in [0.29, 0.717) is 0 Å². The normalized spacial score (nSPS) is 10.6. The molecular formula is C23H20N2.